The molecule has 0 radical (unpaired) electrons. The number of hydrogen-bond acceptors (Lipinski definition) is 2. The van der Waals surface area contributed by atoms with Crippen molar-refractivity contribution in [2.24, 2.45) is 5.92 Å². The Morgan fingerprint density at radius 1 is 1.36 bits per heavy atom. The van der Waals surface area contributed by atoms with Crippen LogP contribution in [-0.2, 0) is 9.59 Å². The lowest BCUT2D eigenvalue weighted by Gasteiger charge is -2.08. The number of rotatable bonds is 4. The molecule has 0 rings (SSSR count). The zero-order chi connectivity index (χ0) is 9.02. The van der Waals surface area contributed by atoms with E-state index in [-0.39, 0.29) is 0 Å². The van der Waals surface area contributed by atoms with Gasteiger partial charge in [0.05, 0.1) is 0 Å². The van der Waals surface area contributed by atoms with Gasteiger partial charge in [-0.2, -0.15) is 0 Å². The lowest BCUT2D eigenvalue weighted by Crippen LogP contribution is -2.28. The standard InChI is InChI=1S/C6H7ClO4/c1-2-3(5(8)9)4(7)6(10)11/h2-4H,1H2,(H,8,9)(H,10,11). The van der Waals surface area contributed by atoms with E-state index in [1.807, 2.05) is 0 Å². The monoisotopic (exact) mass is 178 g/mol. The van der Waals surface area contributed by atoms with Crippen molar-refractivity contribution >= 4 is 23.5 Å². The van der Waals surface area contributed by atoms with Crippen LogP contribution in [-0.4, -0.2) is 27.5 Å². The minimum absolute atomic E-state index is 0.994. The van der Waals surface area contributed by atoms with Crippen LogP contribution in [0, 0.1) is 5.92 Å². The topological polar surface area (TPSA) is 74.6 Å². The van der Waals surface area contributed by atoms with E-state index in [4.69, 9.17) is 21.8 Å². The third-order valence-corrected chi connectivity index (χ3v) is 1.55. The molecule has 5 heteroatoms. The summed E-state index contributed by atoms with van der Waals surface area (Å²) in [6.07, 6.45) is 0.994. The number of hydrogen-bond donors (Lipinski definition) is 2. The van der Waals surface area contributed by atoms with E-state index in [9.17, 15) is 9.59 Å². The molecule has 0 bridgehead atoms. The number of carbonyl (C=O) groups is 2. The molecule has 2 N–H and O–H groups in total. The smallest absolute Gasteiger partial charge is 0.322 e. The summed E-state index contributed by atoms with van der Waals surface area (Å²) in [7, 11) is 0. The van der Waals surface area contributed by atoms with Gasteiger partial charge in [0, 0.05) is 0 Å². The lowest BCUT2D eigenvalue weighted by molar-refractivity contribution is -0.146. The number of aliphatic carboxylic acids is 2. The van der Waals surface area contributed by atoms with Crippen molar-refractivity contribution in [3.05, 3.63) is 12.7 Å². The molecule has 0 aromatic carbocycles. The highest BCUT2D eigenvalue weighted by atomic mass is 35.5. The van der Waals surface area contributed by atoms with Gasteiger partial charge in [-0.05, 0) is 0 Å². The van der Waals surface area contributed by atoms with Gasteiger partial charge in [-0.15, -0.1) is 18.2 Å². The average molecular weight is 179 g/mol. The second kappa shape index (κ2) is 3.98. The van der Waals surface area contributed by atoms with Crippen molar-refractivity contribution in [2.75, 3.05) is 0 Å². The van der Waals surface area contributed by atoms with Gasteiger partial charge in [0.15, 0.2) is 0 Å². The SMILES string of the molecule is C=CC(C(=O)O)C(Cl)C(=O)O. The van der Waals surface area contributed by atoms with Crippen molar-refractivity contribution < 1.29 is 19.8 Å². The number of alkyl halides is 1. The zero-order valence-corrected chi connectivity index (χ0v) is 6.28. The van der Waals surface area contributed by atoms with Crippen LogP contribution in [0.4, 0.5) is 0 Å². The van der Waals surface area contributed by atoms with Gasteiger partial charge in [-0.3, -0.25) is 9.59 Å². The predicted molar refractivity (Wildman–Crippen MR) is 38.6 cm³/mol. The van der Waals surface area contributed by atoms with Gasteiger partial charge in [0.1, 0.15) is 11.3 Å². The molecule has 0 aromatic heterocycles. The number of carboxylic acid groups (broad SMARTS) is 2. The van der Waals surface area contributed by atoms with E-state index in [0.717, 1.165) is 6.08 Å². The Hall–Kier alpha value is -1.03. The minimum atomic E-state index is -1.45. The molecule has 62 valence electrons. The molecule has 0 amide bonds. The molecule has 4 nitrogen and oxygen atoms in total. The minimum Gasteiger partial charge on any atom is -0.481 e. The van der Waals surface area contributed by atoms with E-state index in [1.165, 1.54) is 0 Å². The molecule has 0 fully saturated rings. The molecule has 2 atom stereocenters. The highest BCUT2D eigenvalue weighted by Gasteiger charge is 2.28. The summed E-state index contributed by atoms with van der Waals surface area (Å²) in [5.41, 5.74) is 0. The second-order valence-electron chi connectivity index (χ2n) is 1.84. The first-order valence-corrected chi connectivity index (χ1v) is 3.16. The van der Waals surface area contributed by atoms with Crippen LogP contribution in [0.3, 0.4) is 0 Å². The van der Waals surface area contributed by atoms with E-state index in [1.54, 1.807) is 0 Å². The molecule has 0 saturated heterocycles. The molecular weight excluding hydrogens is 172 g/mol. The van der Waals surface area contributed by atoms with Crippen molar-refractivity contribution in [2.45, 2.75) is 5.38 Å². The molecule has 0 aliphatic rings. The van der Waals surface area contributed by atoms with Crippen molar-refractivity contribution in [1.82, 2.24) is 0 Å². The first kappa shape index (κ1) is 9.97. The fraction of sp³-hybridized carbons (Fsp3) is 0.333. The third-order valence-electron chi connectivity index (χ3n) is 1.09. The van der Waals surface area contributed by atoms with Gasteiger partial charge < -0.3 is 10.2 Å². The van der Waals surface area contributed by atoms with Crippen LogP contribution in [0.15, 0.2) is 12.7 Å². The molecule has 2 unspecified atom stereocenters. The third kappa shape index (κ3) is 2.59. The average Bonchev–Trinajstić information content (AvgIpc) is 1.88. The molecule has 0 aliphatic carbocycles. The van der Waals surface area contributed by atoms with E-state index < -0.39 is 23.2 Å². The summed E-state index contributed by atoms with van der Waals surface area (Å²) in [6.45, 7) is 3.16. The number of halogens is 1. The molecular formula is C6H7ClO4. The van der Waals surface area contributed by atoms with Crippen molar-refractivity contribution in [3.8, 4) is 0 Å². The Balaban J connectivity index is 4.37. The van der Waals surface area contributed by atoms with Crippen LogP contribution in [0.1, 0.15) is 0 Å². The van der Waals surface area contributed by atoms with Gasteiger partial charge in [-0.1, -0.05) is 6.08 Å². The summed E-state index contributed by atoms with van der Waals surface area (Å²) in [5.74, 6) is -3.89. The summed E-state index contributed by atoms with van der Waals surface area (Å²) in [4.78, 5) is 20.4. The summed E-state index contributed by atoms with van der Waals surface area (Å²) in [6, 6.07) is 0. The molecule has 0 heterocycles. The highest BCUT2D eigenvalue weighted by Crippen LogP contribution is 2.12. The fourth-order valence-corrected chi connectivity index (χ4v) is 0.710. The van der Waals surface area contributed by atoms with Crippen molar-refractivity contribution in [1.29, 1.82) is 0 Å². The van der Waals surface area contributed by atoms with Gasteiger partial charge in [-0.25, -0.2) is 0 Å². The Labute approximate surface area is 68.1 Å². The normalized spacial score (nSPS) is 15.0. The summed E-state index contributed by atoms with van der Waals surface area (Å²) < 4.78 is 0. The quantitative estimate of drug-likeness (QED) is 0.488. The van der Waals surface area contributed by atoms with Gasteiger partial charge in [0.2, 0.25) is 0 Å². The van der Waals surface area contributed by atoms with Crippen LogP contribution >= 0.6 is 11.6 Å². The van der Waals surface area contributed by atoms with Crippen LogP contribution < -0.4 is 0 Å². The Bertz CT molecular complexity index is 189. The Morgan fingerprint density at radius 2 is 1.82 bits per heavy atom. The number of carboxylic acids is 2. The summed E-state index contributed by atoms with van der Waals surface area (Å²) >= 11 is 5.23. The van der Waals surface area contributed by atoms with Crippen LogP contribution in [0.25, 0.3) is 0 Å². The van der Waals surface area contributed by atoms with Crippen LogP contribution in [0.2, 0.25) is 0 Å². The fourth-order valence-electron chi connectivity index (χ4n) is 0.499. The summed E-state index contributed by atoms with van der Waals surface area (Å²) in [5, 5.41) is 15.2. The molecule has 0 spiro atoms. The van der Waals surface area contributed by atoms with E-state index in [2.05, 4.69) is 6.58 Å². The van der Waals surface area contributed by atoms with Crippen molar-refractivity contribution in [3.63, 3.8) is 0 Å². The largest absolute Gasteiger partial charge is 0.481 e. The van der Waals surface area contributed by atoms with E-state index in [0.29, 0.717) is 0 Å². The predicted octanol–water partition coefficient (Wildman–Crippen LogP) is 0.565. The zero-order valence-electron chi connectivity index (χ0n) is 5.53. The maximum absolute atomic E-state index is 10.3. The molecule has 0 aliphatic heterocycles. The first-order chi connectivity index (χ1) is 5.00. The Morgan fingerprint density at radius 3 is 1.91 bits per heavy atom. The molecule has 11 heavy (non-hydrogen) atoms. The second-order valence-corrected chi connectivity index (χ2v) is 2.31. The van der Waals surface area contributed by atoms with Crippen LogP contribution in [0.5, 0.6) is 0 Å². The first-order valence-electron chi connectivity index (χ1n) is 2.73. The lowest BCUT2D eigenvalue weighted by atomic mass is 10.1. The molecule has 0 aromatic rings. The molecule has 0 saturated carbocycles. The maximum atomic E-state index is 10.3. The highest BCUT2D eigenvalue weighted by molar-refractivity contribution is 6.31. The van der Waals surface area contributed by atoms with E-state index >= 15 is 0 Å². The van der Waals surface area contributed by atoms with Gasteiger partial charge >= 0.3 is 11.9 Å². The maximum Gasteiger partial charge on any atom is 0.322 e. The van der Waals surface area contributed by atoms with Gasteiger partial charge in [0.25, 0.3) is 0 Å². The Kier molecular flexibility index (Phi) is 3.60.